The van der Waals surface area contributed by atoms with Gasteiger partial charge in [-0.2, -0.15) is 0 Å². The number of esters is 1. The number of hydrogen-bond donors (Lipinski definition) is 1. The van der Waals surface area contributed by atoms with Crippen molar-refractivity contribution in [2.24, 2.45) is 0 Å². The molecule has 158 valence electrons. The lowest BCUT2D eigenvalue weighted by Crippen LogP contribution is -2.37. The Morgan fingerprint density at radius 1 is 1.07 bits per heavy atom. The summed E-state index contributed by atoms with van der Waals surface area (Å²) in [5.74, 6) is -0.241. The number of carbonyl (C=O) groups excluding carboxylic acids is 2. The maximum Gasteiger partial charge on any atom is 0.375 e. The number of fused-ring (bicyclic) bond motifs is 1. The molecule has 30 heavy (non-hydrogen) atoms. The molecule has 1 atom stereocenters. The summed E-state index contributed by atoms with van der Waals surface area (Å²) in [6.07, 6.45) is -0.310. The van der Waals surface area contributed by atoms with Gasteiger partial charge in [0.25, 0.3) is 5.91 Å². The van der Waals surface area contributed by atoms with Gasteiger partial charge < -0.3 is 23.9 Å². The summed E-state index contributed by atoms with van der Waals surface area (Å²) >= 11 is 0. The third-order valence-corrected chi connectivity index (χ3v) is 4.70. The first-order valence-electron chi connectivity index (χ1n) is 9.64. The lowest BCUT2D eigenvalue weighted by Gasteiger charge is -2.13. The number of furan rings is 1. The largest absolute Gasteiger partial charge is 0.497 e. The number of para-hydroxylation sites is 1. The number of hydrogen-bond acceptors (Lipinski definition) is 6. The number of methoxy groups -OCH3 is 2. The van der Waals surface area contributed by atoms with E-state index in [1.165, 1.54) is 14.0 Å². The van der Waals surface area contributed by atoms with E-state index < -0.39 is 12.1 Å². The highest BCUT2D eigenvalue weighted by Gasteiger charge is 2.25. The Hall–Kier alpha value is -3.32. The molecular weight excluding hydrogens is 386 g/mol. The first-order chi connectivity index (χ1) is 14.5. The summed E-state index contributed by atoms with van der Waals surface area (Å²) in [7, 11) is 3.15. The number of rotatable bonds is 9. The van der Waals surface area contributed by atoms with Gasteiger partial charge in [0.2, 0.25) is 5.76 Å². The van der Waals surface area contributed by atoms with E-state index in [-0.39, 0.29) is 18.3 Å². The van der Waals surface area contributed by atoms with E-state index in [1.807, 2.05) is 42.5 Å². The molecule has 3 aromatic rings. The minimum Gasteiger partial charge on any atom is -0.497 e. The molecule has 2 aromatic carbocycles. The van der Waals surface area contributed by atoms with Crippen LogP contribution < -0.4 is 10.1 Å². The fourth-order valence-corrected chi connectivity index (χ4v) is 3.08. The Kier molecular flexibility index (Phi) is 7.08. The number of benzene rings is 2. The van der Waals surface area contributed by atoms with Crippen LogP contribution in [0, 0.1) is 0 Å². The smallest absolute Gasteiger partial charge is 0.375 e. The average Bonchev–Trinajstić information content (AvgIpc) is 3.13. The Balaban J connectivity index is 1.57. The van der Waals surface area contributed by atoms with Crippen LogP contribution >= 0.6 is 0 Å². The molecule has 1 aromatic heterocycles. The van der Waals surface area contributed by atoms with E-state index >= 15 is 0 Å². The molecule has 0 aliphatic rings. The van der Waals surface area contributed by atoms with E-state index in [2.05, 4.69) is 5.32 Å². The SMILES string of the molecule is COCc1c(C(=O)O[C@H](C)C(=O)NCCc2ccc(OC)cc2)oc2ccccc12. The molecule has 3 rings (SSSR count). The molecule has 7 nitrogen and oxygen atoms in total. The quantitative estimate of drug-likeness (QED) is 0.543. The standard InChI is InChI=1S/C23H25NO6/c1-15(22(25)24-13-12-16-8-10-17(28-3)11-9-16)29-23(26)21-19(14-27-2)18-6-4-5-7-20(18)30-21/h4-11,15H,12-14H2,1-3H3,(H,24,25)/t15-/m1/s1. The molecule has 0 unspecified atom stereocenters. The van der Waals surface area contributed by atoms with Gasteiger partial charge in [-0.05, 0) is 37.1 Å². The summed E-state index contributed by atoms with van der Waals surface area (Å²) < 4.78 is 21.3. The highest BCUT2D eigenvalue weighted by Crippen LogP contribution is 2.27. The molecule has 0 spiro atoms. The second kappa shape index (κ2) is 9.93. The molecule has 0 saturated heterocycles. The number of amides is 1. The van der Waals surface area contributed by atoms with E-state index in [0.29, 0.717) is 24.1 Å². The predicted octanol–water partition coefficient (Wildman–Crippen LogP) is 3.49. The van der Waals surface area contributed by atoms with Crippen LogP contribution in [0.2, 0.25) is 0 Å². The zero-order valence-electron chi connectivity index (χ0n) is 17.3. The monoisotopic (exact) mass is 411 g/mol. The zero-order valence-corrected chi connectivity index (χ0v) is 17.3. The predicted molar refractivity (Wildman–Crippen MR) is 112 cm³/mol. The summed E-state index contributed by atoms with van der Waals surface area (Å²) in [4.78, 5) is 24.9. The molecule has 1 amide bonds. The van der Waals surface area contributed by atoms with Crippen LogP contribution in [0.5, 0.6) is 5.75 Å². The van der Waals surface area contributed by atoms with E-state index in [1.54, 1.807) is 13.2 Å². The molecule has 7 heteroatoms. The van der Waals surface area contributed by atoms with Crippen LogP contribution in [-0.4, -0.2) is 38.7 Å². The Morgan fingerprint density at radius 3 is 2.50 bits per heavy atom. The molecule has 1 N–H and O–H groups in total. The van der Waals surface area contributed by atoms with E-state index in [9.17, 15) is 9.59 Å². The van der Waals surface area contributed by atoms with Gasteiger partial charge in [0.1, 0.15) is 11.3 Å². The topological polar surface area (TPSA) is 87.0 Å². The number of ether oxygens (including phenoxy) is 3. The van der Waals surface area contributed by atoms with Crippen LogP contribution in [-0.2, 0) is 27.3 Å². The van der Waals surface area contributed by atoms with E-state index in [4.69, 9.17) is 18.6 Å². The fraction of sp³-hybridized carbons (Fsp3) is 0.304. The normalized spacial score (nSPS) is 11.8. The molecule has 0 radical (unpaired) electrons. The van der Waals surface area contributed by atoms with Crippen LogP contribution in [0.25, 0.3) is 11.0 Å². The summed E-state index contributed by atoms with van der Waals surface area (Å²) in [5.41, 5.74) is 2.23. The number of nitrogens with one attached hydrogen (secondary N) is 1. The molecule has 0 aliphatic heterocycles. The summed E-state index contributed by atoms with van der Waals surface area (Å²) in [5, 5.41) is 3.56. The summed E-state index contributed by atoms with van der Waals surface area (Å²) in [6, 6.07) is 14.9. The average molecular weight is 411 g/mol. The highest BCUT2D eigenvalue weighted by atomic mass is 16.6. The maximum absolute atomic E-state index is 12.6. The van der Waals surface area contributed by atoms with E-state index in [0.717, 1.165) is 16.7 Å². The first kappa shape index (κ1) is 21.4. The Labute approximate surface area is 174 Å². The molecule has 1 heterocycles. The molecule has 0 bridgehead atoms. The number of carbonyl (C=O) groups is 2. The van der Waals surface area contributed by atoms with Crippen molar-refractivity contribution in [2.45, 2.75) is 26.1 Å². The van der Waals surface area contributed by atoms with Crippen LogP contribution in [0.15, 0.2) is 52.9 Å². The highest BCUT2D eigenvalue weighted by molar-refractivity contribution is 5.97. The minimum atomic E-state index is -0.961. The maximum atomic E-state index is 12.6. The van der Waals surface area contributed by atoms with Gasteiger partial charge in [-0.3, -0.25) is 4.79 Å². The van der Waals surface area contributed by atoms with Crippen molar-refractivity contribution >= 4 is 22.8 Å². The first-order valence-corrected chi connectivity index (χ1v) is 9.64. The van der Waals surface area contributed by atoms with Gasteiger partial charge >= 0.3 is 5.97 Å². The second-order valence-corrected chi connectivity index (χ2v) is 6.78. The second-order valence-electron chi connectivity index (χ2n) is 6.78. The van der Waals surface area contributed by atoms with Gasteiger partial charge in [0.15, 0.2) is 6.10 Å². The van der Waals surface area contributed by atoms with Crippen molar-refractivity contribution in [3.05, 3.63) is 65.4 Å². The van der Waals surface area contributed by atoms with Gasteiger partial charge in [-0.15, -0.1) is 0 Å². The van der Waals surface area contributed by atoms with Gasteiger partial charge in [0, 0.05) is 24.6 Å². The fourth-order valence-electron chi connectivity index (χ4n) is 3.08. The molecular formula is C23H25NO6. The van der Waals surface area contributed by atoms with Crippen molar-refractivity contribution in [1.29, 1.82) is 0 Å². The van der Waals surface area contributed by atoms with Gasteiger partial charge in [-0.25, -0.2) is 4.79 Å². The van der Waals surface area contributed by atoms with Crippen LogP contribution in [0.4, 0.5) is 0 Å². The molecule has 0 aliphatic carbocycles. The van der Waals surface area contributed by atoms with Gasteiger partial charge in [-0.1, -0.05) is 30.3 Å². The van der Waals surface area contributed by atoms with Crippen molar-refractivity contribution in [2.75, 3.05) is 20.8 Å². The Morgan fingerprint density at radius 2 is 1.80 bits per heavy atom. The van der Waals surface area contributed by atoms with Gasteiger partial charge in [0.05, 0.1) is 13.7 Å². The lowest BCUT2D eigenvalue weighted by molar-refractivity contribution is -0.129. The minimum absolute atomic E-state index is 0.0518. The Bertz CT molecular complexity index is 1010. The summed E-state index contributed by atoms with van der Waals surface area (Å²) in [6.45, 7) is 2.15. The zero-order chi connectivity index (χ0) is 21.5. The van der Waals surface area contributed by atoms with Crippen molar-refractivity contribution < 1.29 is 28.2 Å². The van der Waals surface area contributed by atoms with Crippen molar-refractivity contribution in [3.8, 4) is 5.75 Å². The third kappa shape index (κ3) is 4.99. The lowest BCUT2D eigenvalue weighted by atomic mass is 10.1. The van der Waals surface area contributed by atoms with Crippen molar-refractivity contribution in [3.63, 3.8) is 0 Å². The third-order valence-electron chi connectivity index (χ3n) is 4.70. The van der Waals surface area contributed by atoms with Crippen LogP contribution in [0.1, 0.15) is 28.6 Å². The van der Waals surface area contributed by atoms with Crippen LogP contribution in [0.3, 0.4) is 0 Å². The molecule has 0 saturated carbocycles. The van der Waals surface area contributed by atoms with Crippen molar-refractivity contribution in [1.82, 2.24) is 5.32 Å². The molecule has 0 fully saturated rings.